The molecule has 5 nitrogen and oxygen atoms in total. The first-order valence-corrected chi connectivity index (χ1v) is 12.5. The van der Waals surface area contributed by atoms with Gasteiger partial charge in [0.25, 0.3) is 0 Å². The second-order valence-corrected chi connectivity index (χ2v) is 9.08. The standard InChI is InChI=1S/C27H34N4OS/c1-3-19-30(23-13-7-5-8-14-23)21-25(33-26-17-11-12-18-28-26)27(32)29-22-31(20-4-2)24-15-9-6-10-16-24/h5-18,25H,3-4,19-22H2,1-2H3,(H,29,32). The highest BCUT2D eigenvalue weighted by atomic mass is 32.2. The Bertz CT molecular complexity index is 940. The van der Waals surface area contributed by atoms with Crippen LogP contribution < -0.4 is 15.1 Å². The van der Waals surface area contributed by atoms with Gasteiger partial charge in [-0.05, 0) is 49.2 Å². The molecule has 1 amide bonds. The van der Waals surface area contributed by atoms with E-state index in [4.69, 9.17) is 0 Å². The molecular weight excluding hydrogens is 428 g/mol. The molecule has 0 saturated carbocycles. The lowest BCUT2D eigenvalue weighted by molar-refractivity contribution is -0.120. The van der Waals surface area contributed by atoms with Crippen molar-refractivity contribution in [3.8, 4) is 0 Å². The molecule has 1 atom stereocenters. The Morgan fingerprint density at radius 2 is 1.42 bits per heavy atom. The number of hydrogen-bond donors (Lipinski definition) is 1. The van der Waals surface area contributed by atoms with E-state index in [1.165, 1.54) is 11.8 Å². The van der Waals surface area contributed by atoms with Crippen LogP contribution in [0.4, 0.5) is 11.4 Å². The average Bonchev–Trinajstić information content (AvgIpc) is 2.87. The zero-order chi connectivity index (χ0) is 23.3. The molecule has 1 unspecified atom stereocenters. The third-order valence-corrected chi connectivity index (χ3v) is 6.38. The predicted molar refractivity (Wildman–Crippen MR) is 140 cm³/mol. The van der Waals surface area contributed by atoms with Crippen molar-refractivity contribution in [3.63, 3.8) is 0 Å². The van der Waals surface area contributed by atoms with E-state index in [9.17, 15) is 4.79 Å². The van der Waals surface area contributed by atoms with E-state index in [-0.39, 0.29) is 11.2 Å². The van der Waals surface area contributed by atoms with E-state index in [0.29, 0.717) is 13.2 Å². The van der Waals surface area contributed by atoms with Crippen molar-refractivity contribution in [3.05, 3.63) is 85.1 Å². The average molecular weight is 463 g/mol. The fourth-order valence-electron chi connectivity index (χ4n) is 3.67. The summed E-state index contributed by atoms with van der Waals surface area (Å²) in [6.07, 6.45) is 3.79. The summed E-state index contributed by atoms with van der Waals surface area (Å²) in [5.74, 6) is 0.0275. The molecular formula is C27H34N4OS. The minimum Gasteiger partial charge on any atom is -0.370 e. The molecule has 1 aromatic heterocycles. The van der Waals surface area contributed by atoms with E-state index in [1.807, 2.05) is 54.6 Å². The van der Waals surface area contributed by atoms with E-state index >= 15 is 0 Å². The number of rotatable bonds is 13. The highest BCUT2D eigenvalue weighted by molar-refractivity contribution is 8.00. The number of para-hydroxylation sites is 2. The number of thioether (sulfide) groups is 1. The van der Waals surface area contributed by atoms with Crippen molar-refractivity contribution < 1.29 is 4.79 Å². The fraction of sp³-hybridized carbons (Fsp3) is 0.333. The molecule has 6 heteroatoms. The molecule has 1 N–H and O–H groups in total. The molecule has 0 bridgehead atoms. The van der Waals surface area contributed by atoms with Crippen LogP contribution in [-0.4, -0.2) is 42.4 Å². The van der Waals surface area contributed by atoms with E-state index < -0.39 is 0 Å². The van der Waals surface area contributed by atoms with Gasteiger partial charge in [0.2, 0.25) is 5.91 Å². The van der Waals surface area contributed by atoms with Crippen molar-refractivity contribution in [2.24, 2.45) is 0 Å². The lowest BCUT2D eigenvalue weighted by Gasteiger charge is -2.30. The van der Waals surface area contributed by atoms with Gasteiger partial charge in [-0.3, -0.25) is 4.79 Å². The highest BCUT2D eigenvalue weighted by Crippen LogP contribution is 2.25. The Balaban J connectivity index is 1.75. The van der Waals surface area contributed by atoms with E-state index in [2.05, 4.69) is 58.2 Å². The van der Waals surface area contributed by atoms with Crippen molar-refractivity contribution in [2.45, 2.75) is 37.0 Å². The molecule has 1 heterocycles. The smallest absolute Gasteiger partial charge is 0.236 e. The topological polar surface area (TPSA) is 48.5 Å². The van der Waals surface area contributed by atoms with Crippen molar-refractivity contribution >= 4 is 29.0 Å². The van der Waals surface area contributed by atoms with Crippen LogP contribution in [0.3, 0.4) is 0 Å². The number of benzene rings is 2. The summed E-state index contributed by atoms with van der Waals surface area (Å²) in [4.78, 5) is 22.4. The summed E-state index contributed by atoms with van der Waals surface area (Å²) in [5.41, 5.74) is 2.25. The van der Waals surface area contributed by atoms with Crippen LogP contribution in [0, 0.1) is 0 Å². The summed E-state index contributed by atoms with van der Waals surface area (Å²) in [6, 6.07) is 26.4. The summed E-state index contributed by atoms with van der Waals surface area (Å²) >= 11 is 1.52. The van der Waals surface area contributed by atoms with Gasteiger partial charge >= 0.3 is 0 Å². The zero-order valence-corrected chi connectivity index (χ0v) is 20.4. The van der Waals surface area contributed by atoms with Crippen molar-refractivity contribution in [2.75, 3.05) is 36.1 Å². The predicted octanol–water partition coefficient (Wildman–Crippen LogP) is 5.45. The maximum Gasteiger partial charge on any atom is 0.236 e. The second kappa shape index (κ2) is 13.5. The van der Waals surface area contributed by atoms with E-state index in [1.54, 1.807) is 6.20 Å². The molecule has 0 radical (unpaired) electrons. The van der Waals surface area contributed by atoms with Gasteiger partial charge in [0.05, 0.1) is 11.7 Å². The number of nitrogens with zero attached hydrogens (tertiary/aromatic N) is 3. The van der Waals surface area contributed by atoms with Gasteiger partial charge < -0.3 is 15.1 Å². The Kier molecular flexibility index (Phi) is 10.1. The zero-order valence-electron chi connectivity index (χ0n) is 19.6. The Morgan fingerprint density at radius 1 is 0.848 bits per heavy atom. The fourth-order valence-corrected chi connectivity index (χ4v) is 4.68. The van der Waals surface area contributed by atoms with Crippen molar-refractivity contribution in [1.29, 1.82) is 0 Å². The van der Waals surface area contributed by atoms with Crippen molar-refractivity contribution in [1.82, 2.24) is 10.3 Å². The van der Waals surface area contributed by atoms with Crippen LogP contribution in [0.1, 0.15) is 26.7 Å². The Labute approximate surface area is 202 Å². The summed E-state index contributed by atoms with van der Waals surface area (Å²) in [6.45, 7) is 7.19. The largest absolute Gasteiger partial charge is 0.370 e. The molecule has 0 spiro atoms. The third-order valence-electron chi connectivity index (χ3n) is 5.25. The lowest BCUT2D eigenvalue weighted by Crippen LogP contribution is -2.45. The number of hydrogen-bond acceptors (Lipinski definition) is 5. The number of amides is 1. The first kappa shape index (κ1) is 24.6. The van der Waals surface area contributed by atoms with Gasteiger partial charge in [0, 0.05) is 37.2 Å². The number of aromatic nitrogens is 1. The molecule has 33 heavy (non-hydrogen) atoms. The summed E-state index contributed by atoms with van der Waals surface area (Å²) in [7, 11) is 0. The molecule has 2 aromatic carbocycles. The van der Waals surface area contributed by atoms with Crippen LogP contribution in [-0.2, 0) is 4.79 Å². The molecule has 3 aromatic rings. The number of carbonyl (C=O) groups excluding carboxylic acids is 1. The quantitative estimate of drug-likeness (QED) is 0.270. The minimum atomic E-state index is -0.286. The normalized spacial score (nSPS) is 11.6. The number of pyridine rings is 1. The maximum atomic E-state index is 13.4. The number of anilines is 2. The van der Waals surface area contributed by atoms with Gasteiger partial charge in [0.15, 0.2) is 0 Å². The van der Waals surface area contributed by atoms with Gasteiger partial charge in [0.1, 0.15) is 5.25 Å². The highest BCUT2D eigenvalue weighted by Gasteiger charge is 2.24. The van der Waals surface area contributed by atoms with Crippen LogP contribution in [0.15, 0.2) is 90.1 Å². The SMILES string of the molecule is CCCN(CNC(=O)C(CN(CCC)c1ccccc1)Sc1ccccn1)c1ccccc1. The van der Waals surface area contributed by atoms with Gasteiger partial charge in [-0.1, -0.05) is 68.1 Å². The Hall–Kier alpha value is -2.99. The molecule has 0 fully saturated rings. The molecule has 0 aliphatic rings. The number of carbonyl (C=O) groups is 1. The molecule has 174 valence electrons. The summed E-state index contributed by atoms with van der Waals surface area (Å²) in [5, 5.41) is 3.77. The second-order valence-electron chi connectivity index (χ2n) is 7.85. The lowest BCUT2D eigenvalue weighted by atomic mass is 10.2. The number of nitrogens with one attached hydrogen (secondary N) is 1. The molecule has 3 rings (SSSR count). The summed E-state index contributed by atoms with van der Waals surface area (Å²) < 4.78 is 0. The molecule has 0 aliphatic heterocycles. The van der Waals surface area contributed by atoms with Gasteiger partial charge in [-0.15, -0.1) is 0 Å². The Morgan fingerprint density at radius 3 is 2.00 bits per heavy atom. The first-order chi connectivity index (χ1) is 16.2. The van der Waals surface area contributed by atoms with Crippen LogP contribution in [0.2, 0.25) is 0 Å². The van der Waals surface area contributed by atoms with Crippen LogP contribution >= 0.6 is 11.8 Å². The van der Waals surface area contributed by atoms with Crippen LogP contribution in [0.25, 0.3) is 0 Å². The third kappa shape index (κ3) is 7.82. The van der Waals surface area contributed by atoms with E-state index in [0.717, 1.165) is 42.3 Å². The molecule has 0 saturated heterocycles. The molecule has 0 aliphatic carbocycles. The minimum absolute atomic E-state index is 0.0275. The van der Waals surface area contributed by atoms with Gasteiger partial charge in [-0.25, -0.2) is 4.98 Å². The first-order valence-electron chi connectivity index (χ1n) is 11.7. The van der Waals surface area contributed by atoms with Crippen LogP contribution in [0.5, 0.6) is 0 Å². The van der Waals surface area contributed by atoms with Gasteiger partial charge in [-0.2, -0.15) is 0 Å². The maximum absolute atomic E-state index is 13.4. The monoisotopic (exact) mass is 462 g/mol.